The minimum atomic E-state index is 0.178. The van der Waals surface area contributed by atoms with E-state index in [0.717, 1.165) is 31.6 Å². The third-order valence-corrected chi connectivity index (χ3v) is 6.18. The van der Waals surface area contributed by atoms with Gasteiger partial charge in [-0.05, 0) is 36.1 Å². The smallest absolute Gasteiger partial charge is 0.231 e. The van der Waals surface area contributed by atoms with Crippen LogP contribution in [-0.2, 0) is 11.3 Å². The van der Waals surface area contributed by atoms with Gasteiger partial charge in [-0.2, -0.15) is 0 Å². The summed E-state index contributed by atoms with van der Waals surface area (Å²) < 4.78 is 10.8. The molecule has 0 N–H and O–H groups in total. The minimum Gasteiger partial charge on any atom is -0.454 e. The Morgan fingerprint density at radius 3 is 2.62 bits per heavy atom. The van der Waals surface area contributed by atoms with Crippen LogP contribution in [0.3, 0.4) is 0 Å². The summed E-state index contributed by atoms with van der Waals surface area (Å²) in [6.07, 6.45) is 1.63. The monoisotopic (exact) mass is 414 g/mol. The summed E-state index contributed by atoms with van der Waals surface area (Å²) in [6.45, 7) is 6.40. The molecular formula is C23H27ClN2O3. The number of hydrogen-bond donors (Lipinski definition) is 0. The van der Waals surface area contributed by atoms with Gasteiger partial charge in [-0.1, -0.05) is 48.9 Å². The highest BCUT2D eigenvalue weighted by atomic mass is 35.5. The van der Waals surface area contributed by atoms with Crippen LogP contribution in [0.25, 0.3) is 0 Å². The molecule has 2 aromatic carbocycles. The lowest BCUT2D eigenvalue weighted by Crippen LogP contribution is -2.33. The Balaban J connectivity index is 1.33. The van der Waals surface area contributed by atoms with Crippen molar-refractivity contribution < 1.29 is 14.3 Å². The van der Waals surface area contributed by atoms with Crippen molar-refractivity contribution in [2.75, 3.05) is 33.0 Å². The van der Waals surface area contributed by atoms with Crippen LogP contribution in [0.15, 0.2) is 42.5 Å². The van der Waals surface area contributed by atoms with Crippen molar-refractivity contribution in [3.63, 3.8) is 0 Å². The first kappa shape index (κ1) is 20.0. The molecule has 154 valence electrons. The molecule has 29 heavy (non-hydrogen) atoms. The first-order valence-electron chi connectivity index (χ1n) is 10.2. The summed E-state index contributed by atoms with van der Waals surface area (Å²) in [5, 5.41) is 0.611. The first-order valence-corrected chi connectivity index (χ1v) is 10.6. The molecule has 2 aliphatic rings. The van der Waals surface area contributed by atoms with Crippen LogP contribution in [0, 0.1) is 0 Å². The maximum atomic E-state index is 12.7. The molecule has 4 rings (SSSR count). The van der Waals surface area contributed by atoms with Crippen LogP contribution in [0.4, 0.5) is 0 Å². The standard InChI is InChI=1S/C23H27ClN2O3/c1-17(18-5-3-2-4-6-18)7-9-25-10-8-23(27)26(12-11-25)15-19-13-21-22(14-20(19)24)29-16-28-21/h2-6,13-14,17H,7-12,15-16H2,1H3. The van der Waals surface area contributed by atoms with Crippen molar-refractivity contribution in [2.45, 2.75) is 32.2 Å². The molecule has 1 saturated heterocycles. The van der Waals surface area contributed by atoms with E-state index in [1.165, 1.54) is 5.56 Å². The summed E-state index contributed by atoms with van der Waals surface area (Å²) in [5.41, 5.74) is 2.27. The highest BCUT2D eigenvalue weighted by Gasteiger charge is 2.24. The van der Waals surface area contributed by atoms with Gasteiger partial charge in [0.15, 0.2) is 11.5 Å². The lowest BCUT2D eigenvalue weighted by atomic mass is 9.98. The van der Waals surface area contributed by atoms with Gasteiger partial charge in [-0.15, -0.1) is 0 Å². The number of carbonyl (C=O) groups excluding carboxylic acids is 1. The highest BCUT2D eigenvalue weighted by Crippen LogP contribution is 2.37. The Bertz CT molecular complexity index is 859. The van der Waals surface area contributed by atoms with E-state index in [1.807, 2.05) is 11.0 Å². The van der Waals surface area contributed by atoms with E-state index in [4.69, 9.17) is 21.1 Å². The quantitative estimate of drug-likeness (QED) is 0.706. The second-order valence-electron chi connectivity index (χ2n) is 7.80. The fourth-order valence-corrected chi connectivity index (χ4v) is 4.13. The Kier molecular flexibility index (Phi) is 6.26. The molecular weight excluding hydrogens is 388 g/mol. The number of benzene rings is 2. The largest absolute Gasteiger partial charge is 0.454 e. The maximum absolute atomic E-state index is 12.7. The summed E-state index contributed by atoms with van der Waals surface area (Å²) in [4.78, 5) is 17.0. The molecule has 2 aromatic rings. The molecule has 0 bridgehead atoms. The van der Waals surface area contributed by atoms with Gasteiger partial charge in [0, 0.05) is 43.7 Å². The molecule has 0 spiro atoms. The topological polar surface area (TPSA) is 42.0 Å². The summed E-state index contributed by atoms with van der Waals surface area (Å²) >= 11 is 6.40. The molecule has 1 unspecified atom stereocenters. The number of hydrogen-bond acceptors (Lipinski definition) is 4. The highest BCUT2D eigenvalue weighted by molar-refractivity contribution is 6.31. The lowest BCUT2D eigenvalue weighted by molar-refractivity contribution is -0.130. The molecule has 1 atom stereocenters. The molecule has 1 amide bonds. The molecule has 0 aliphatic carbocycles. The van der Waals surface area contributed by atoms with Gasteiger partial charge in [0.05, 0.1) is 0 Å². The average molecular weight is 415 g/mol. The second kappa shape index (κ2) is 9.06. The van der Waals surface area contributed by atoms with Gasteiger partial charge in [0.2, 0.25) is 12.7 Å². The van der Waals surface area contributed by atoms with E-state index < -0.39 is 0 Å². The summed E-state index contributed by atoms with van der Waals surface area (Å²) in [5.74, 6) is 2.05. The zero-order chi connectivity index (χ0) is 20.2. The van der Waals surface area contributed by atoms with Crippen molar-refractivity contribution in [1.82, 2.24) is 9.80 Å². The van der Waals surface area contributed by atoms with Crippen molar-refractivity contribution in [2.24, 2.45) is 0 Å². The molecule has 5 nitrogen and oxygen atoms in total. The summed E-state index contributed by atoms with van der Waals surface area (Å²) in [7, 11) is 0. The number of carbonyl (C=O) groups is 1. The molecule has 2 heterocycles. The van der Waals surface area contributed by atoms with Crippen LogP contribution in [-0.4, -0.2) is 48.7 Å². The number of nitrogens with zero attached hydrogens (tertiary/aromatic N) is 2. The number of ether oxygens (including phenoxy) is 2. The van der Waals surface area contributed by atoms with E-state index >= 15 is 0 Å². The van der Waals surface area contributed by atoms with E-state index in [0.29, 0.717) is 41.9 Å². The summed E-state index contributed by atoms with van der Waals surface area (Å²) in [6, 6.07) is 14.3. The average Bonchev–Trinajstić information content (AvgIpc) is 3.11. The van der Waals surface area contributed by atoms with Gasteiger partial charge < -0.3 is 19.3 Å². The third kappa shape index (κ3) is 4.85. The number of amides is 1. The lowest BCUT2D eigenvalue weighted by Gasteiger charge is -2.23. The molecule has 0 radical (unpaired) electrons. The number of halogens is 1. The van der Waals surface area contributed by atoms with Crippen molar-refractivity contribution in [3.05, 3.63) is 58.6 Å². The number of rotatable bonds is 6. The Morgan fingerprint density at radius 2 is 1.83 bits per heavy atom. The van der Waals surface area contributed by atoms with Crippen molar-refractivity contribution in [3.8, 4) is 11.5 Å². The molecule has 2 aliphatic heterocycles. The predicted molar refractivity (Wildman–Crippen MR) is 114 cm³/mol. The maximum Gasteiger partial charge on any atom is 0.231 e. The second-order valence-corrected chi connectivity index (χ2v) is 8.21. The van der Waals surface area contributed by atoms with E-state index in [-0.39, 0.29) is 12.7 Å². The zero-order valence-electron chi connectivity index (χ0n) is 16.8. The molecule has 0 saturated carbocycles. The molecule has 0 aromatic heterocycles. The van der Waals surface area contributed by atoms with Gasteiger partial charge in [-0.25, -0.2) is 0 Å². The Labute approximate surface area is 177 Å². The van der Waals surface area contributed by atoms with Crippen LogP contribution >= 0.6 is 11.6 Å². The van der Waals surface area contributed by atoms with Crippen molar-refractivity contribution >= 4 is 17.5 Å². The van der Waals surface area contributed by atoms with E-state index in [2.05, 4.69) is 42.2 Å². The van der Waals surface area contributed by atoms with Crippen LogP contribution in [0.5, 0.6) is 11.5 Å². The van der Waals surface area contributed by atoms with Gasteiger partial charge in [0.1, 0.15) is 0 Å². The zero-order valence-corrected chi connectivity index (χ0v) is 17.5. The van der Waals surface area contributed by atoms with Gasteiger partial charge in [0.25, 0.3) is 0 Å². The fourth-order valence-electron chi connectivity index (χ4n) is 3.91. The van der Waals surface area contributed by atoms with Crippen LogP contribution < -0.4 is 9.47 Å². The van der Waals surface area contributed by atoms with Gasteiger partial charge in [-0.3, -0.25) is 4.79 Å². The van der Waals surface area contributed by atoms with Crippen LogP contribution in [0.2, 0.25) is 5.02 Å². The first-order chi connectivity index (χ1) is 14.1. The normalized spacial score (nSPS) is 18.0. The van der Waals surface area contributed by atoms with E-state index in [9.17, 15) is 4.79 Å². The molecule has 1 fully saturated rings. The third-order valence-electron chi connectivity index (χ3n) is 5.83. The SMILES string of the molecule is CC(CCN1CCC(=O)N(Cc2cc3c(cc2Cl)OCO3)CC1)c1ccccc1. The van der Waals surface area contributed by atoms with Gasteiger partial charge >= 0.3 is 0 Å². The van der Waals surface area contributed by atoms with Crippen LogP contribution in [0.1, 0.15) is 36.8 Å². The van der Waals surface area contributed by atoms with E-state index in [1.54, 1.807) is 6.07 Å². The van der Waals surface area contributed by atoms with Crippen molar-refractivity contribution in [1.29, 1.82) is 0 Å². The predicted octanol–water partition coefficient (Wildman–Crippen LogP) is 4.30. The minimum absolute atomic E-state index is 0.178. The fraction of sp³-hybridized carbons (Fsp3) is 0.435. The Hall–Kier alpha value is -2.24. The molecule has 6 heteroatoms. The Morgan fingerprint density at radius 1 is 1.07 bits per heavy atom. The number of fused-ring (bicyclic) bond motifs is 1.